The summed E-state index contributed by atoms with van der Waals surface area (Å²) < 4.78 is 8.79. The zero-order chi connectivity index (χ0) is 33.7. The fourth-order valence-electron chi connectivity index (χ4n) is 7.42. The summed E-state index contributed by atoms with van der Waals surface area (Å²) in [7, 11) is 0. The zero-order valence-corrected chi connectivity index (χ0v) is 28.5. The van der Waals surface area contributed by atoms with Gasteiger partial charge in [-0.25, -0.2) is 0 Å². The highest BCUT2D eigenvalue weighted by atomic mass is 32.1. The summed E-state index contributed by atoms with van der Waals surface area (Å²) in [6.45, 7) is 0. The molecule has 10 aromatic rings. The van der Waals surface area contributed by atoms with Gasteiger partial charge in [0.2, 0.25) is 0 Å². The number of thiophene rings is 1. The van der Waals surface area contributed by atoms with E-state index in [1.54, 1.807) is 0 Å². The first-order valence-corrected chi connectivity index (χ1v) is 18.1. The van der Waals surface area contributed by atoms with Gasteiger partial charge in [-0.2, -0.15) is 0 Å². The minimum atomic E-state index is 0.906. The number of fused-ring (bicyclic) bond motifs is 6. The molecule has 3 heteroatoms. The lowest BCUT2D eigenvalue weighted by molar-refractivity contribution is 0.669. The van der Waals surface area contributed by atoms with Gasteiger partial charge < -0.3 is 9.32 Å². The van der Waals surface area contributed by atoms with E-state index < -0.39 is 0 Å². The van der Waals surface area contributed by atoms with E-state index >= 15 is 0 Å². The number of anilines is 3. The van der Waals surface area contributed by atoms with Gasteiger partial charge in [0.1, 0.15) is 11.2 Å². The number of hydrogen-bond acceptors (Lipinski definition) is 3. The first-order chi connectivity index (χ1) is 25.3. The SMILES string of the molecule is c1ccc(-c2ccc(N(c3ccc(-c4ccc5c(c4)oc4ccccc45)cc3)c3ccc(-c4ccccc4)c4c3sc3ccccc34)cc2)cc1. The molecule has 2 heterocycles. The maximum Gasteiger partial charge on any atom is 0.136 e. The Morgan fingerprint density at radius 3 is 1.67 bits per heavy atom. The molecule has 0 amide bonds. The summed E-state index contributed by atoms with van der Waals surface area (Å²) in [5, 5.41) is 4.87. The molecule has 0 saturated heterocycles. The van der Waals surface area contributed by atoms with Crippen LogP contribution in [0, 0.1) is 0 Å². The van der Waals surface area contributed by atoms with Crippen LogP contribution in [-0.4, -0.2) is 0 Å². The van der Waals surface area contributed by atoms with Crippen molar-refractivity contribution in [3.8, 4) is 33.4 Å². The van der Waals surface area contributed by atoms with Gasteiger partial charge in [-0.1, -0.05) is 133 Å². The Balaban J connectivity index is 1.13. The molecule has 0 aliphatic carbocycles. The Morgan fingerprint density at radius 2 is 0.941 bits per heavy atom. The van der Waals surface area contributed by atoms with Crippen LogP contribution in [0.5, 0.6) is 0 Å². The Labute approximate surface area is 300 Å². The van der Waals surface area contributed by atoms with E-state index in [-0.39, 0.29) is 0 Å². The first kappa shape index (κ1) is 29.5. The fraction of sp³-hybridized carbons (Fsp3) is 0. The summed E-state index contributed by atoms with van der Waals surface area (Å²) in [4.78, 5) is 2.41. The fourth-order valence-corrected chi connectivity index (χ4v) is 8.65. The van der Waals surface area contributed by atoms with E-state index in [4.69, 9.17) is 4.42 Å². The molecule has 2 nitrogen and oxygen atoms in total. The lowest BCUT2D eigenvalue weighted by Crippen LogP contribution is -2.10. The maximum absolute atomic E-state index is 6.23. The lowest BCUT2D eigenvalue weighted by atomic mass is 9.98. The molecule has 2 aromatic heterocycles. The van der Waals surface area contributed by atoms with E-state index in [1.807, 2.05) is 23.5 Å². The average Bonchev–Trinajstić information content (AvgIpc) is 3.78. The molecule has 0 aliphatic rings. The standard InChI is InChI=1S/C48H31NOS/c1-3-11-32(12-4-1)33-19-24-37(25-20-33)49(38-26-21-34(22-27-38)36-23-28-41-40-15-7-9-17-44(40)50-45(41)31-36)43-30-29-39(35-13-5-2-6-14-35)47-42-16-8-10-18-46(42)51-48(43)47/h1-31H. The second kappa shape index (κ2) is 12.2. The number of para-hydroxylation sites is 1. The minimum absolute atomic E-state index is 0.906. The molecule has 0 aliphatic heterocycles. The molecule has 0 saturated carbocycles. The Kier molecular flexibility index (Phi) is 7.04. The Bertz CT molecular complexity index is 2830. The van der Waals surface area contributed by atoms with Crippen LogP contribution in [0.15, 0.2) is 192 Å². The Morgan fingerprint density at radius 1 is 0.392 bits per heavy atom. The van der Waals surface area contributed by atoms with Gasteiger partial charge in [0.15, 0.2) is 0 Å². The number of furan rings is 1. The minimum Gasteiger partial charge on any atom is -0.456 e. The summed E-state index contributed by atoms with van der Waals surface area (Å²) in [5.74, 6) is 0. The topological polar surface area (TPSA) is 16.4 Å². The van der Waals surface area contributed by atoms with Gasteiger partial charge in [-0.05, 0) is 88.0 Å². The predicted octanol–water partition coefficient (Wildman–Crippen LogP) is 14.4. The largest absolute Gasteiger partial charge is 0.456 e. The molecular formula is C48H31NOS. The number of rotatable bonds is 6. The molecule has 8 aromatic carbocycles. The van der Waals surface area contributed by atoms with Crippen molar-refractivity contribution in [2.24, 2.45) is 0 Å². The summed E-state index contributed by atoms with van der Waals surface area (Å²) in [6.07, 6.45) is 0. The number of benzene rings is 8. The van der Waals surface area contributed by atoms with Crippen LogP contribution in [0.2, 0.25) is 0 Å². The third kappa shape index (κ3) is 5.10. The molecule has 10 rings (SSSR count). The molecule has 0 atom stereocenters. The maximum atomic E-state index is 6.23. The van der Waals surface area contributed by atoms with E-state index in [9.17, 15) is 0 Å². The quantitative estimate of drug-likeness (QED) is 0.175. The summed E-state index contributed by atoms with van der Waals surface area (Å²) >= 11 is 1.87. The third-order valence-electron chi connectivity index (χ3n) is 9.90. The third-order valence-corrected chi connectivity index (χ3v) is 11.1. The highest BCUT2D eigenvalue weighted by molar-refractivity contribution is 7.26. The lowest BCUT2D eigenvalue weighted by Gasteiger charge is -2.27. The smallest absolute Gasteiger partial charge is 0.136 e. The first-order valence-electron chi connectivity index (χ1n) is 17.3. The predicted molar refractivity (Wildman–Crippen MR) is 218 cm³/mol. The molecule has 0 fully saturated rings. The van der Waals surface area contributed by atoms with Gasteiger partial charge in [0.25, 0.3) is 0 Å². The van der Waals surface area contributed by atoms with Gasteiger partial charge >= 0.3 is 0 Å². The Hall–Kier alpha value is -6.42. The molecule has 0 N–H and O–H groups in total. The summed E-state index contributed by atoms with van der Waals surface area (Å²) in [5.41, 5.74) is 12.3. The normalized spacial score (nSPS) is 11.5. The molecular weight excluding hydrogens is 639 g/mol. The van der Waals surface area contributed by atoms with Crippen LogP contribution >= 0.6 is 11.3 Å². The second-order valence-electron chi connectivity index (χ2n) is 12.9. The van der Waals surface area contributed by atoms with E-state index in [1.165, 1.54) is 42.4 Å². The van der Waals surface area contributed by atoms with Crippen LogP contribution in [0.25, 0.3) is 75.5 Å². The van der Waals surface area contributed by atoms with Crippen molar-refractivity contribution in [3.05, 3.63) is 188 Å². The number of nitrogens with zero attached hydrogens (tertiary/aromatic N) is 1. The van der Waals surface area contributed by atoms with Gasteiger partial charge in [-0.15, -0.1) is 11.3 Å². The van der Waals surface area contributed by atoms with Gasteiger partial charge in [-0.3, -0.25) is 0 Å². The van der Waals surface area contributed by atoms with Crippen molar-refractivity contribution < 1.29 is 4.42 Å². The summed E-state index contributed by atoms with van der Waals surface area (Å²) in [6, 6.07) is 67.4. The van der Waals surface area contributed by atoms with Crippen molar-refractivity contribution in [3.63, 3.8) is 0 Å². The van der Waals surface area contributed by atoms with Crippen LogP contribution in [-0.2, 0) is 0 Å². The molecule has 0 unspecified atom stereocenters. The molecule has 51 heavy (non-hydrogen) atoms. The van der Waals surface area contributed by atoms with Gasteiger partial charge in [0.05, 0.1) is 10.4 Å². The van der Waals surface area contributed by atoms with Crippen LogP contribution in [0.1, 0.15) is 0 Å². The van der Waals surface area contributed by atoms with E-state index in [0.717, 1.165) is 50.1 Å². The van der Waals surface area contributed by atoms with Crippen LogP contribution < -0.4 is 4.90 Å². The second-order valence-corrected chi connectivity index (χ2v) is 14.0. The van der Waals surface area contributed by atoms with Crippen molar-refractivity contribution in [2.75, 3.05) is 4.90 Å². The molecule has 0 spiro atoms. The van der Waals surface area contributed by atoms with Crippen LogP contribution in [0.4, 0.5) is 17.1 Å². The average molecular weight is 670 g/mol. The van der Waals surface area contributed by atoms with Crippen molar-refractivity contribution in [1.82, 2.24) is 0 Å². The van der Waals surface area contributed by atoms with Crippen molar-refractivity contribution in [2.45, 2.75) is 0 Å². The van der Waals surface area contributed by atoms with Gasteiger partial charge in [0, 0.05) is 37.6 Å². The molecule has 240 valence electrons. The van der Waals surface area contributed by atoms with Crippen molar-refractivity contribution >= 4 is 70.5 Å². The zero-order valence-electron chi connectivity index (χ0n) is 27.7. The van der Waals surface area contributed by atoms with E-state index in [2.05, 4.69) is 181 Å². The van der Waals surface area contributed by atoms with Crippen molar-refractivity contribution in [1.29, 1.82) is 0 Å². The highest BCUT2D eigenvalue weighted by Gasteiger charge is 2.21. The monoisotopic (exact) mass is 669 g/mol. The highest BCUT2D eigenvalue weighted by Crippen LogP contribution is 2.48. The molecule has 0 bridgehead atoms. The van der Waals surface area contributed by atoms with Crippen LogP contribution in [0.3, 0.4) is 0 Å². The molecule has 0 radical (unpaired) electrons. The van der Waals surface area contributed by atoms with E-state index in [0.29, 0.717) is 0 Å². The number of hydrogen-bond donors (Lipinski definition) is 0.